The average Bonchev–Trinajstić information content (AvgIpc) is 2.41. The van der Waals surface area contributed by atoms with Gasteiger partial charge in [0.1, 0.15) is 6.07 Å². The Hall–Kier alpha value is -0.760. The number of hydrogen-bond acceptors (Lipinski definition) is 2. The van der Waals surface area contributed by atoms with Gasteiger partial charge in [0.25, 0.3) is 0 Å². The van der Waals surface area contributed by atoms with Gasteiger partial charge in [-0.2, -0.15) is 5.26 Å². The number of pyridine rings is 1. The third-order valence-electron chi connectivity index (χ3n) is 1.71. The van der Waals surface area contributed by atoms with Crippen LogP contribution in [-0.2, 0) is 0 Å². The van der Waals surface area contributed by atoms with E-state index in [-0.39, 0.29) is 10.8 Å². The number of imidazole rings is 1. The second-order valence-electron chi connectivity index (χ2n) is 2.56. The third-order valence-corrected chi connectivity index (χ3v) is 2.76. The summed E-state index contributed by atoms with van der Waals surface area (Å²) < 4.78 is 2.25. The molecule has 0 aliphatic heterocycles. The molecule has 0 unspecified atom stereocenters. The van der Waals surface area contributed by atoms with Gasteiger partial charge in [-0.3, -0.25) is 4.40 Å². The second kappa shape index (κ2) is 3.43. The minimum Gasteiger partial charge on any atom is -0.287 e. The number of halogens is 3. The van der Waals surface area contributed by atoms with Crippen molar-refractivity contribution in [3.8, 4) is 6.07 Å². The fraction of sp³-hybridized carbons (Fsp3) is 0. The highest BCUT2D eigenvalue weighted by atomic mass is 79.9. The molecule has 14 heavy (non-hydrogen) atoms. The summed E-state index contributed by atoms with van der Waals surface area (Å²) in [6, 6.07) is 3.66. The molecule has 0 fully saturated rings. The Labute approximate surface area is 98.0 Å². The molecule has 70 valence electrons. The first-order valence-electron chi connectivity index (χ1n) is 3.56. The van der Waals surface area contributed by atoms with Crippen LogP contribution in [0, 0.1) is 11.3 Å². The van der Waals surface area contributed by atoms with Gasteiger partial charge >= 0.3 is 0 Å². The Kier molecular flexibility index (Phi) is 2.40. The molecule has 2 aromatic heterocycles. The van der Waals surface area contributed by atoms with E-state index >= 15 is 0 Å². The molecule has 0 aromatic carbocycles. The van der Waals surface area contributed by atoms with Gasteiger partial charge < -0.3 is 0 Å². The first-order chi connectivity index (χ1) is 6.63. The molecule has 0 N–H and O–H groups in total. The standard InChI is InChI=1S/C8H2BrCl2N3/c9-5-1-4(10)3-14-6(2-12)7(11)13-8(5)14/h1,3H. The summed E-state index contributed by atoms with van der Waals surface area (Å²) >= 11 is 14.9. The maximum absolute atomic E-state index is 8.83. The maximum Gasteiger partial charge on any atom is 0.166 e. The van der Waals surface area contributed by atoms with E-state index in [9.17, 15) is 0 Å². The molecule has 0 atom stereocenters. The first kappa shape index (κ1) is 9.78. The molecule has 0 aliphatic carbocycles. The van der Waals surface area contributed by atoms with Gasteiger partial charge in [0.15, 0.2) is 16.5 Å². The van der Waals surface area contributed by atoms with Crippen LogP contribution in [0.1, 0.15) is 5.69 Å². The lowest BCUT2D eigenvalue weighted by Crippen LogP contribution is -1.88. The highest BCUT2D eigenvalue weighted by Gasteiger charge is 2.12. The molecule has 2 heterocycles. The molecule has 0 amide bonds. The molecule has 0 saturated carbocycles. The van der Waals surface area contributed by atoms with E-state index in [1.807, 2.05) is 6.07 Å². The van der Waals surface area contributed by atoms with Crippen LogP contribution < -0.4 is 0 Å². The fourth-order valence-electron chi connectivity index (χ4n) is 1.15. The lowest BCUT2D eigenvalue weighted by Gasteiger charge is -1.97. The molecule has 0 aliphatic rings. The van der Waals surface area contributed by atoms with Crippen molar-refractivity contribution in [2.45, 2.75) is 0 Å². The van der Waals surface area contributed by atoms with Crippen molar-refractivity contribution in [3.63, 3.8) is 0 Å². The van der Waals surface area contributed by atoms with Gasteiger partial charge in [-0.1, -0.05) is 23.2 Å². The lowest BCUT2D eigenvalue weighted by atomic mass is 10.4. The highest BCUT2D eigenvalue weighted by molar-refractivity contribution is 9.10. The van der Waals surface area contributed by atoms with E-state index < -0.39 is 0 Å². The Morgan fingerprint density at radius 2 is 2.21 bits per heavy atom. The van der Waals surface area contributed by atoms with Crippen LogP contribution in [0.25, 0.3) is 5.65 Å². The van der Waals surface area contributed by atoms with Crippen molar-refractivity contribution < 1.29 is 0 Å². The summed E-state index contributed by atoms with van der Waals surface area (Å²) in [6.07, 6.45) is 1.60. The summed E-state index contributed by atoms with van der Waals surface area (Å²) in [5, 5.41) is 9.52. The third kappa shape index (κ3) is 1.38. The zero-order valence-electron chi connectivity index (χ0n) is 6.63. The molecule has 0 saturated heterocycles. The van der Waals surface area contributed by atoms with Crippen LogP contribution in [0.5, 0.6) is 0 Å². The number of aromatic nitrogens is 2. The van der Waals surface area contributed by atoms with Crippen molar-refractivity contribution in [3.05, 3.63) is 32.6 Å². The van der Waals surface area contributed by atoms with Gasteiger partial charge in [-0.25, -0.2) is 4.98 Å². The molecule has 3 nitrogen and oxygen atoms in total. The quantitative estimate of drug-likeness (QED) is 0.747. The summed E-state index contributed by atoms with van der Waals surface area (Å²) in [5.41, 5.74) is 0.862. The van der Waals surface area contributed by atoms with Gasteiger partial charge in [0.05, 0.1) is 9.50 Å². The molecule has 2 rings (SSSR count). The van der Waals surface area contributed by atoms with E-state index in [0.29, 0.717) is 15.1 Å². The topological polar surface area (TPSA) is 41.1 Å². The first-order valence-corrected chi connectivity index (χ1v) is 5.11. The van der Waals surface area contributed by atoms with Gasteiger partial charge in [0.2, 0.25) is 0 Å². The number of nitrogens with zero attached hydrogens (tertiary/aromatic N) is 3. The lowest BCUT2D eigenvalue weighted by molar-refractivity contribution is 1.15. The van der Waals surface area contributed by atoms with E-state index in [4.69, 9.17) is 28.5 Å². The molecular formula is C8H2BrCl2N3. The monoisotopic (exact) mass is 289 g/mol. The molecule has 0 bridgehead atoms. The van der Waals surface area contributed by atoms with Crippen molar-refractivity contribution in [1.29, 1.82) is 5.26 Å². The number of fused-ring (bicyclic) bond motifs is 1. The van der Waals surface area contributed by atoms with Crippen LogP contribution in [0.15, 0.2) is 16.7 Å². The average molecular weight is 291 g/mol. The van der Waals surface area contributed by atoms with Crippen LogP contribution in [-0.4, -0.2) is 9.38 Å². The van der Waals surface area contributed by atoms with Crippen LogP contribution >= 0.6 is 39.1 Å². The van der Waals surface area contributed by atoms with Crippen molar-refractivity contribution in [2.75, 3.05) is 0 Å². The van der Waals surface area contributed by atoms with Gasteiger partial charge in [0, 0.05) is 6.20 Å². The predicted molar refractivity (Wildman–Crippen MR) is 57.6 cm³/mol. The van der Waals surface area contributed by atoms with Crippen molar-refractivity contribution >= 4 is 44.8 Å². The second-order valence-corrected chi connectivity index (χ2v) is 4.21. The van der Waals surface area contributed by atoms with E-state index in [1.165, 1.54) is 0 Å². The molecular weight excluding hydrogens is 289 g/mol. The number of hydrogen-bond donors (Lipinski definition) is 0. The zero-order valence-corrected chi connectivity index (χ0v) is 9.73. The minimum atomic E-state index is 0.176. The fourth-order valence-corrected chi connectivity index (χ4v) is 2.22. The smallest absolute Gasteiger partial charge is 0.166 e. The Balaban J connectivity index is 2.97. The van der Waals surface area contributed by atoms with E-state index in [1.54, 1.807) is 16.7 Å². The van der Waals surface area contributed by atoms with E-state index in [0.717, 1.165) is 0 Å². The number of nitriles is 1. The Morgan fingerprint density at radius 1 is 1.50 bits per heavy atom. The summed E-state index contributed by atoms with van der Waals surface area (Å²) in [7, 11) is 0. The molecule has 2 aromatic rings. The largest absolute Gasteiger partial charge is 0.287 e. The SMILES string of the molecule is N#Cc1c(Cl)nc2c(Br)cc(Cl)cn12. The normalized spacial score (nSPS) is 10.4. The number of rotatable bonds is 0. The van der Waals surface area contributed by atoms with Crippen molar-refractivity contribution in [2.24, 2.45) is 0 Å². The highest BCUT2D eigenvalue weighted by Crippen LogP contribution is 2.26. The van der Waals surface area contributed by atoms with Gasteiger partial charge in [-0.05, 0) is 22.0 Å². The van der Waals surface area contributed by atoms with Crippen LogP contribution in [0.2, 0.25) is 10.2 Å². The predicted octanol–water partition coefficient (Wildman–Crippen LogP) is 3.28. The van der Waals surface area contributed by atoms with Crippen molar-refractivity contribution in [1.82, 2.24) is 9.38 Å². The molecule has 0 spiro atoms. The maximum atomic E-state index is 8.83. The molecule has 0 radical (unpaired) electrons. The van der Waals surface area contributed by atoms with Gasteiger partial charge in [-0.15, -0.1) is 0 Å². The summed E-state index contributed by atoms with van der Waals surface area (Å²) in [6.45, 7) is 0. The van der Waals surface area contributed by atoms with E-state index in [2.05, 4.69) is 20.9 Å². The Morgan fingerprint density at radius 3 is 2.86 bits per heavy atom. The van der Waals surface area contributed by atoms with Crippen LogP contribution in [0.3, 0.4) is 0 Å². The zero-order chi connectivity index (χ0) is 10.3. The Bertz CT molecular complexity index is 556. The molecule has 6 heteroatoms. The van der Waals surface area contributed by atoms with Crippen LogP contribution in [0.4, 0.5) is 0 Å². The summed E-state index contributed by atoms with van der Waals surface area (Å²) in [4.78, 5) is 4.02. The minimum absolute atomic E-state index is 0.176. The summed E-state index contributed by atoms with van der Waals surface area (Å²) in [5.74, 6) is 0.